The zero-order valence-corrected chi connectivity index (χ0v) is 58.3. The first-order valence-corrected chi connectivity index (χ1v) is 39.3. The van der Waals surface area contributed by atoms with Gasteiger partial charge < -0.3 is 20.3 Å². The summed E-state index contributed by atoms with van der Waals surface area (Å²) >= 11 is 0. The van der Waals surface area contributed by atoms with E-state index >= 15 is 0 Å². The molecule has 6 nitrogen and oxygen atoms in total. The normalized spacial score (nSPS) is 12.7. The van der Waals surface area contributed by atoms with E-state index < -0.39 is 12.1 Å². The number of allylic oxidation sites excluding steroid dienone is 5. The number of unbranched alkanes of at least 4 members (excludes halogenated alkanes) is 59. The van der Waals surface area contributed by atoms with Crippen molar-refractivity contribution in [2.45, 2.75) is 450 Å². The van der Waals surface area contributed by atoms with Crippen LogP contribution in [-0.4, -0.2) is 47.4 Å². The SMILES string of the molecule is CCCCCCCCCCCCCCC/C=C/C(O)C(CO)NC(=O)CCCCCCCCCCCCCCCCCCC/C=C\C/C=C\CCCCCCCCCCCCCCCCCOC(=O)CCCCCCCCCCCCCCCCC. The molecule has 0 aromatic rings. The molecule has 1 amide bonds. The third-order valence-electron chi connectivity index (χ3n) is 18.4. The number of rotatable bonds is 74. The van der Waals surface area contributed by atoms with Crippen molar-refractivity contribution >= 4 is 11.9 Å². The Morgan fingerprint density at radius 3 is 0.884 bits per heavy atom. The number of esters is 1. The third-order valence-corrected chi connectivity index (χ3v) is 18.4. The number of aliphatic hydroxyl groups is 2. The Hall–Kier alpha value is -1.92. The van der Waals surface area contributed by atoms with Crippen molar-refractivity contribution in [1.82, 2.24) is 5.32 Å². The van der Waals surface area contributed by atoms with E-state index in [1.807, 2.05) is 6.08 Å². The van der Waals surface area contributed by atoms with Gasteiger partial charge in [-0.15, -0.1) is 0 Å². The molecule has 0 fully saturated rings. The molecular formula is C80H153NO5. The number of carbonyl (C=O) groups excluding carboxylic acids is 2. The fourth-order valence-electron chi connectivity index (χ4n) is 12.4. The minimum atomic E-state index is -0.842. The largest absolute Gasteiger partial charge is 0.466 e. The summed E-state index contributed by atoms with van der Waals surface area (Å²) in [5.41, 5.74) is 0. The molecule has 0 radical (unpaired) electrons. The van der Waals surface area contributed by atoms with Gasteiger partial charge in [0.15, 0.2) is 0 Å². The minimum Gasteiger partial charge on any atom is -0.466 e. The molecule has 2 atom stereocenters. The molecule has 0 saturated heterocycles. The number of ether oxygens (including phenoxy) is 1. The maximum atomic E-state index is 12.5. The summed E-state index contributed by atoms with van der Waals surface area (Å²) in [5, 5.41) is 23.2. The molecule has 0 spiro atoms. The first kappa shape index (κ1) is 84.1. The van der Waals surface area contributed by atoms with Crippen LogP contribution in [0.2, 0.25) is 0 Å². The zero-order chi connectivity index (χ0) is 62.0. The lowest BCUT2D eigenvalue weighted by Crippen LogP contribution is -2.45. The van der Waals surface area contributed by atoms with E-state index in [2.05, 4.69) is 43.5 Å². The highest BCUT2D eigenvalue weighted by Gasteiger charge is 2.18. The molecule has 0 bridgehead atoms. The molecule has 0 aliphatic heterocycles. The highest BCUT2D eigenvalue weighted by Crippen LogP contribution is 2.19. The van der Waals surface area contributed by atoms with Crippen LogP contribution in [-0.2, 0) is 14.3 Å². The monoisotopic (exact) mass is 1210 g/mol. The van der Waals surface area contributed by atoms with Gasteiger partial charge >= 0.3 is 5.97 Å². The van der Waals surface area contributed by atoms with E-state index in [1.165, 1.54) is 366 Å². The Morgan fingerprint density at radius 2 is 0.581 bits per heavy atom. The average molecular weight is 1210 g/mol. The molecule has 0 aliphatic carbocycles. The van der Waals surface area contributed by atoms with Gasteiger partial charge in [0.25, 0.3) is 0 Å². The van der Waals surface area contributed by atoms with Gasteiger partial charge in [0, 0.05) is 12.8 Å². The molecule has 508 valence electrons. The van der Waals surface area contributed by atoms with Crippen LogP contribution >= 0.6 is 0 Å². The summed E-state index contributed by atoms with van der Waals surface area (Å²) in [6.07, 6.45) is 98.4. The van der Waals surface area contributed by atoms with Crippen molar-refractivity contribution in [3.05, 3.63) is 36.5 Å². The average Bonchev–Trinajstić information content (AvgIpc) is 3.52. The van der Waals surface area contributed by atoms with E-state index in [0.29, 0.717) is 19.4 Å². The highest BCUT2D eigenvalue weighted by atomic mass is 16.5. The van der Waals surface area contributed by atoms with Gasteiger partial charge in [0.2, 0.25) is 5.91 Å². The highest BCUT2D eigenvalue weighted by molar-refractivity contribution is 5.76. The van der Waals surface area contributed by atoms with Crippen molar-refractivity contribution in [3.63, 3.8) is 0 Å². The minimum absolute atomic E-state index is 0.0237. The van der Waals surface area contributed by atoms with Crippen LogP contribution in [0.15, 0.2) is 36.5 Å². The summed E-state index contributed by atoms with van der Waals surface area (Å²) in [6.45, 7) is 4.95. The van der Waals surface area contributed by atoms with Gasteiger partial charge in [0.05, 0.1) is 25.4 Å². The first-order chi connectivity index (χ1) is 42.5. The molecular weight excluding hydrogens is 1050 g/mol. The first-order valence-electron chi connectivity index (χ1n) is 39.3. The van der Waals surface area contributed by atoms with E-state index in [9.17, 15) is 19.8 Å². The molecule has 0 rings (SSSR count). The van der Waals surface area contributed by atoms with Gasteiger partial charge in [-0.05, 0) is 64.2 Å². The third kappa shape index (κ3) is 71.2. The second kappa shape index (κ2) is 75.5. The fourth-order valence-corrected chi connectivity index (χ4v) is 12.4. The molecule has 6 heteroatoms. The summed E-state index contributed by atoms with van der Waals surface area (Å²) in [5.74, 6) is -0.0386. The molecule has 86 heavy (non-hydrogen) atoms. The lowest BCUT2D eigenvalue weighted by molar-refractivity contribution is -0.143. The van der Waals surface area contributed by atoms with Gasteiger partial charge in [-0.25, -0.2) is 0 Å². The van der Waals surface area contributed by atoms with Crippen molar-refractivity contribution in [3.8, 4) is 0 Å². The predicted octanol–water partition coefficient (Wildman–Crippen LogP) is 25.8. The Labute approximate surface area is 538 Å². The molecule has 0 saturated carbocycles. The summed E-state index contributed by atoms with van der Waals surface area (Å²) < 4.78 is 5.51. The smallest absolute Gasteiger partial charge is 0.305 e. The molecule has 0 heterocycles. The van der Waals surface area contributed by atoms with E-state index in [-0.39, 0.29) is 18.5 Å². The van der Waals surface area contributed by atoms with Crippen LogP contribution in [0.4, 0.5) is 0 Å². The fraction of sp³-hybridized carbons (Fsp3) is 0.900. The van der Waals surface area contributed by atoms with Gasteiger partial charge in [0.1, 0.15) is 0 Å². The van der Waals surface area contributed by atoms with Crippen LogP contribution in [0.1, 0.15) is 438 Å². The molecule has 0 aromatic heterocycles. The maximum Gasteiger partial charge on any atom is 0.305 e. The Morgan fingerprint density at radius 1 is 0.326 bits per heavy atom. The van der Waals surface area contributed by atoms with E-state index in [1.54, 1.807) is 6.08 Å². The molecule has 3 N–H and O–H groups in total. The second-order valence-electron chi connectivity index (χ2n) is 27.0. The Kier molecular flexibility index (Phi) is 73.9. The van der Waals surface area contributed by atoms with Crippen molar-refractivity contribution in [2.24, 2.45) is 0 Å². The number of carbonyl (C=O) groups is 2. The summed E-state index contributed by atoms with van der Waals surface area (Å²) in [7, 11) is 0. The van der Waals surface area contributed by atoms with Gasteiger partial charge in [-0.3, -0.25) is 9.59 Å². The summed E-state index contributed by atoms with van der Waals surface area (Å²) in [6, 6.07) is -0.625. The molecule has 2 unspecified atom stereocenters. The van der Waals surface area contributed by atoms with E-state index in [4.69, 9.17) is 4.74 Å². The second-order valence-corrected chi connectivity index (χ2v) is 27.0. The van der Waals surface area contributed by atoms with Crippen LogP contribution < -0.4 is 5.32 Å². The number of hydrogen-bond acceptors (Lipinski definition) is 5. The molecule has 0 aromatic carbocycles. The van der Waals surface area contributed by atoms with Crippen LogP contribution in [0.3, 0.4) is 0 Å². The van der Waals surface area contributed by atoms with Gasteiger partial charge in [-0.2, -0.15) is 0 Å². The van der Waals surface area contributed by atoms with Crippen LogP contribution in [0.5, 0.6) is 0 Å². The lowest BCUT2D eigenvalue weighted by Gasteiger charge is -2.20. The number of aliphatic hydroxyl groups excluding tert-OH is 2. The standard InChI is InChI=1S/C80H153NO5/c1-3-5-7-9-11-13-15-17-44-48-52-56-60-64-68-72-78(83)77(76-82)81-79(84)73-69-65-61-57-53-49-46-42-40-38-36-34-32-30-28-26-24-22-20-19-21-23-25-27-29-31-33-35-37-39-41-43-47-51-55-59-63-67-71-75-86-80(85)74-70-66-62-58-54-50-45-18-16-14-12-10-8-6-4-2/h19-20,23,25,68,72,77-78,82-83H,3-18,21-22,24,26-67,69-71,73-76H2,1-2H3,(H,81,84)/b20-19-,25-23-,72-68+. The number of nitrogens with one attached hydrogen (secondary N) is 1. The molecule has 0 aliphatic rings. The maximum absolute atomic E-state index is 12.5. The van der Waals surface area contributed by atoms with Crippen LogP contribution in [0, 0.1) is 0 Å². The summed E-state index contributed by atoms with van der Waals surface area (Å²) in [4.78, 5) is 24.6. The van der Waals surface area contributed by atoms with Crippen molar-refractivity contribution in [1.29, 1.82) is 0 Å². The predicted molar refractivity (Wildman–Crippen MR) is 379 cm³/mol. The van der Waals surface area contributed by atoms with E-state index in [0.717, 1.165) is 44.9 Å². The van der Waals surface area contributed by atoms with Crippen molar-refractivity contribution in [2.75, 3.05) is 13.2 Å². The Bertz CT molecular complexity index is 1390. The lowest BCUT2D eigenvalue weighted by atomic mass is 10.0. The zero-order valence-electron chi connectivity index (χ0n) is 58.3. The number of hydrogen-bond donors (Lipinski definition) is 3. The Balaban J connectivity index is 3.35. The van der Waals surface area contributed by atoms with Gasteiger partial charge in [-0.1, -0.05) is 397 Å². The number of amides is 1. The topological polar surface area (TPSA) is 95.9 Å². The van der Waals surface area contributed by atoms with Crippen LogP contribution in [0.25, 0.3) is 0 Å². The van der Waals surface area contributed by atoms with Crippen molar-refractivity contribution < 1.29 is 24.5 Å². The quantitative estimate of drug-likeness (QED) is 0.0320.